The molecule has 27 heavy (non-hydrogen) atoms. The second-order valence-corrected chi connectivity index (χ2v) is 12.9. The van der Waals surface area contributed by atoms with E-state index in [2.05, 4.69) is 49.9 Å². The molecule has 0 radical (unpaired) electrons. The van der Waals surface area contributed by atoms with Gasteiger partial charge in [-0.1, -0.05) is 33.6 Å². The molecule has 4 aliphatic rings. The molecule has 3 fully saturated rings. The van der Waals surface area contributed by atoms with E-state index in [1.165, 1.54) is 44.9 Å². The monoisotopic (exact) mass is 388 g/mol. The first kappa shape index (κ1) is 19.8. The molecular formula is C24H41N2P. The summed E-state index contributed by atoms with van der Waals surface area (Å²) in [6, 6.07) is 1.11. The fourth-order valence-electron chi connectivity index (χ4n) is 6.21. The Labute approximate surface area is 169 Å². The molecule has 1 atom stereocenters. The van der Waals surface area contributed by atoms with Gasteiger partial charge in [0.15, 0.2) is 0 Å². The smallest absolute Gasteiger partial charge is 0.112 e. The SMILES string of the molecule is CC(C)N1C=CN(C(C)C)C1=C1CCCC1P(C1CCCC1)C1CCCC1. The summed E-state index contributed by atoms with van der Waals surface area (Å²) in [6.45, 7) is 9.43. The molecule has 0 aromatic carbocycles. The number of hydrogen-bond donors (Lipinski definition) is 0. The molecule has 0 bridgehead atoms. The first-order chi connectivity index (χ1) is 13.1. The van der Waals surface area contributed by atoms with E-state index in [-0.39, 0.29) is 7.92 Å². The van der Waals surface area contributed by atoms with Crippen LogP contribution in [0.2, 0.25) is 0 Å². The predicted molar refractivity (Wildman–Crippen MR) is 119 cm³/mol. The van der Waals surface area contributed by atoms with Gasteiger partial charge in [0, 0.05) is 30.1 Å². The zero-order chi connectivity index (χ0) is 19.0. The lowest BCUT2D eigenvalue weighted by atomic mass is 10.1. The van der Waals surface area contributed by atoms with Gasteiger partial charge < -0.3 is 9.80 Å². The topological polar surface area (TPSA) is 6.48 Å². The normalized spacial score (nSPS) is 27.7. The van der Waals surface area contributed by atoms with Crippen molar-refractivity contribution in [1.29, 1.82) is 0 Å². The Bertz CT molecular complexity index is 531. The van der Waals surface area contributed by atoms with Crippen molar-refractivity contribution in [2.45, 2.75) is 127 Å². The van der Waals surface area contributed by atoms with Gasteiger partial charge in [0.25, 0.3) is 0 Å². The van der Waals surface area contributed by atoms with Crippen LogP contribution in [0.5, 0.6) is 0 Å². The van der Waals surface area contributed by atoms with Gasteiger partial charge in [-0.3, -0.25) is 0 Å². The van der Waals surface area contributed by atoms with Gasteiger partial charge in [0.2, 0.25) is 0 Å². The fraction of sp³-hybridized carbons (Fsp3) is 0.833. The van der Waals surface area contributed by atoms with Gasteiger partial charge in [-0.25, -0.2) is 0 Å². The van der Waals surface area contributed by atoms with E-state index in [0.29, 0.717) is 12.1 Å². The highest BCUT2D eigenvalue weighted by Gasteiger charge is 2.43. The third-order valence-electron chi connectivity index (χ3n) is 7.46. The van der Waals surface area contributed by atoms with Crippen LogP contribution >= 0.6 is 7.92 Å². The molecule has 2 nitrogen and oxygen atoms in total. The van der Waals surface area contributed by atoms with Gasteiger partial charge in [0.05, 0.1) is 0 Å². The third-order valence-corrected chi connectivity index (χ3v) is 11.5. The maximum absolute atomic E-state index is 2.59. The van der Waals surface area contributed by atoms with Gasteiger partial charge in [0.1, 0.15) is 5.82 Å². The molecule has 1 heterocycles. The molecule has 152 valence electrons. The van der Waals surface area contributed by atoms with Gasteiger partial charge >= 0.3 is 0 Å². The number of rotatable bonds is 5. The first-order valence-corrected chi connectivity index (χ1v) is 13.4. The summed E-state index contributed by atoms with van der Waals surface area (Å²) in [6.07, 6.45) is 21.2. The van der Waals surface area contributed by atoms with Crippen LogP contribution in [-0.4, -0.2) is 38.9 Å². The molecule has 1 aliphatic heterocycles. The average molecular weight is 389 g/mol. The van der Waals surface area contributed by atoms with Crippen molar-refractivity contribution in [2.24, 2.45) is 0 Å². The van der Waals surface area contributed by atoms with Crippen molar-refractivity contribution in [1.82, 2.24) is 9.80 Å². The quantitative estimate of drug-likeness (QED) is 0.467. The number of nitrogens with zero attached hydrogens (tertiary/aromatic N) is 2. The van der Waals surface area contributed by atoms with Gasteiger partial charge in [-0.15, -0.1) is 0 Å². The van der Waals surface area contributed by atoms with E-state index < -0.39 is 0 Å². The Kier molecular flexibility index (Phi) is 6.22. The van der Waals surface area contributed by atoms with Crippen molar-refractivity contribution < 1.29 is 0 Å². The van der Waals surface area contributed by atoms with Crippen LogP contribution in [-0.2, 0) is 0 Å². The summed E-state index contributed by atoms with van der Waals surface area (Å²) in [5.74, 6) is 1.59. The van der Waals surface area contributed by atoms with Crippen LogP contribution in [0.25, 0.3) is 0 Å². The highest BCUT2D eigenvalue weighted by atomic mass is 31.1. The Morgan fingerprint density at radius 2 is 1.22 bits per heavy atom. The van der Waals surface area contributed by atoms with E-state index >= 15 is 0 Å². The lowest BCUT2D eigenvalue weighted by Crippen LogP contribution is -2.34. The zero-order valence-electron chi connectivity index (χ0n) is 18.2. The van der Waals surface area contributed by atoms with Crippen LogP contribution < -0.4 is 0 Å². The summed E-state index contributed by atoms with van der Waals surface area (Å²) in [7, 11) is 0.165. The molecule has 1 unspecified atom stereocenters. The van der Waals surface area contributed by atoms with Crippen LogP contribution in [0.15, 0.2) is 23.8 Å². The second-order valence-electron chi connectivity index (χ2n) is 9.88. The third kappa shape index (κ3) is 3.85. The minimum absolute atomic E-state index is 0.165. The molecule has 3 aliphatic carbocycles. The van der Waals surface area contributed by atoms with Crippen LogP contribution in [0.1, 0.15) is 98.3 Å². The van der Waals surface area contributed by atoms with Crippen molar-refractivity contribution in [2.75, 3.05) is 0 Å². The maximum Gasteiger partial charge on any atom is 0.112 e. The van der Waals surface area contributed by atoms with Crippen LogP contribution in [0.4, 0.5) is 0 Å². The summed E-state index contributed by atoms with van der Waals surface area (Å²) < 4.78 is 0. The largest absolute Gasteiger partial charge is 0.330 e. The van der Waals surface area contributed by atoms with Crippen molar-refractivity contribution in [3.63, 3.8) is 0 Å². The molecule has 0 aromatic heterocycles. The van der Waals surface area contributed by atoms with E-state index in [1.807, 2.05) is 5.57 Å². The maximum atomic E-state index is 2.59. The second kappa shape index (κ2) is 8.48. The van der Waals surface area contributed by atoms with Crippen molar-refractivity contribution in [3.8, 4) is 0 Å². The summed E-state index contributed by atoms with van der Waals surface area (Å²) in [5.41, 5.74) is 4.93. The highest BCUT2D eigenvalue weighted by molar-refractivity contribution is 7.60. The number of allylic oxidation sites excluding steroid dienone is 1. The van der Waals surface area contributed by atoms with E-state index in [4.69, 9.17) is 0 Å². The fourth-order valence-corrected chi connectivity index (χ4v) is 10.8. The summed E-state index contributed by atoms with van der Waals surface area (Å²) in [4.78, 5) is 5.18. The molecule has 0 aromatic rings. The Balaban J connectivity index is 1.70. The zero-order valence-corrected chi connectivity index (χ0v) is 19.1. The van der Waals surface area contributed by atoms with Crippen molar-refractivity contribution in [3.05, 3.63) is 23.8 Å². The predicted octanol–water partition coefficient (Wildman–Crippen LogP) is 7.02. The standard InChI is InChI=1S/C24H41N2P/c1-18(2)25-16-17-26(19(3)4)24(25)22-14-9-15-23(22)27(20-10-5-6-11-20)21-12-7-8-13-21/h16-21,23H,5-15H2,1-4H3. The minimum atomic E-state index is 0.165. The molecule has 3 heteroatoms. The lowest BCUT2D eigenvalue weighted by molar-refractivity contribution is 0.279. The Hall–Kier alpha value is -0.490. The molecule has 0 amide bonds. The molecule has 4 rings (SSSR count). The summed E-state index contributed by atoms with van der Waals surface area (Å²) in [5, 5.41) is 0. The molecule has 3 saturated carbocycles. The van der Waals surface area contributed by atoms with Crippen molar-refractivity contribution >= 4 is 7.92 Å². The molecule has 0 saturated heterocycles. The van der Waals surface area contributed by atoms with Crippen LogP contribution in [0, 0.1) is 0 Å². The minimum Gasteiger partial charge on any atom is -0.330 e. The molecular weight excluding hydrogens is 347 g/mol. The summed E-state index contributed by atoms with van der Waals surface area (Å²) >= 11 is 0. The van der Waals surface area contributed by atoms with Crippen LogP contribution in [0.3, 0.4) is 0 Å². The van der Waals surface area contributed by atoms with E-state index in [1.54, 1.807) is 31.5 Å². The van der Waals surface area contributed by atoms with E-state index in [0.717, 1.165) is 17.0 Å². The Morgan fingerprint density at radius 1 is 0.741 bits per heavy atom. The van der Waals surface area contributed by atoms with Gasteiger partial charge in [-0.05, 0) is 89.5 Å². The molecule has 0 spiro atoms. The Morgan fingerprint density at radius 3 is 1.67 bits per heavy atom. The number of hydrogen-bond acceptors (Lipinski definition) is 2. The average Bonchev–Trinajstić information content (AvgIpc) is 3.42. The highest BCUT2D eigenvalue weighted by Crippen LogP contribution is 2.65. The lowest BCUT2D eigenvalue weighted by Gasteiger charge is -2.39. The first-order valence-electron chi connectivity index (χ1n) is 11.8. The van der Waals surface area contributed by atoms with Gasteiger partial charge in [-0.2, -0.15) is 0 Å². The van der Waals surface area contributed by atoms with E-state index in [9.17, 15) is 0 Å². The molecule has 0 N–H and O–H groups in total.